The van der Waals surface area contributed by atoms with Crippen molar-refractivity contribution in [1.82, 2.24) is 14.9 Å². The van der Waals surface area contributed by atoms with Gasteiger partial charge in [0.2, 0.25) is 0 Å². The van der Waals surface area contributed by atoms with Crippen molar-refractivity contribution in [2.45, 2.75) is 6.54 Å². The lowest BCUT2D eigenvalue weighted by Gasteiger charge is -2.13. The van der Waals surface area contributed by atoms with Crippen molar-refractivity contribution >= 4 is 23.2 Å². The molecule has 0 saturated carbocycles. The van der Waals surface area contributed by atoms with Crippen LogP contribution in [-0.2, 0) is 11.3 Å². The van der Waals surface area contributed by atoms with E-state index in [0.717, 1.165) is 16.8 Å². The second-order valence-corrected chi connectivity index (χ2v) is 7.06. The summed E-state index contributed by atoms with van der Waals surface area (Å²) in [5.41, 5.74) is 3.55. The number of nitrogens with zero attached hydrogens (tertiary/aromatic N) is 3. The average molecular weight is 424 g/mol. The third-order valence-electron chi connectivity index (χ3n) is 4.94. The van der Waals surface area contributed by atoms with Crippen LogP contribution in [0, 0.1) is 10.1 Å². The van der Waals surface area contributed by atoms with E-state index >= 15 is 0 Å². The third-order valence-corrected chi connectivity index (χ3v) is 4.94. The Kier molecular flexibility index (Phi) is 6.17. The highest BCUT2D eigenvalue weighted by atomic mass is 16.6. The zero-order chi connectivity index (χ0) is 22.3. The summed E-state index contributed by atoms with van der Waals surface area (Å²) in [6, 6.07) is 23.2. The molecule has 7 nitrogen and oxygen atoms in total. The van der Waals surface area contributed by atoms with Crippen LogP contribution in [0.5, 0.6) is 0 Å². The predicted octanol–water partition coefficient (Wildman–Crippen LogP) is 4.64. The van der Waals surface area contributed by atoms with Gasteiger partial charge in [0.05, 0.1) is 16.9 Å². The van der Waals surface area contributed by atoms with E-state index in [4.69, 9.17) is 0 Å². The number of non-ortho nitro benzene ring substituents is 1. The van der Waals surface area contributed by atoms with Gasteiger partial charge < -0.3 is 9.88 Å². The van der Waals surface area contributed by atoms with Gasteiger partial charge in [0, 0.05) is 36.6 Å². The molecular weight excluding hydrogens is 404 g/mol. The first-order valence-electron chi connectivity index (χ1n) is 9.98. The number of rotatable bonds is 7. The Labute approximate surface area is 184 Å². The van der Waals surface area contributed by atoms with Gasteiger partial charge in [0.1, 0.15) is 0 Å². The molecule has 4 rings (SSSR count). The number of nitro benzene ring substituents is 1. The molecule has 0 spiro atoms. The standard InChI is InChI=1S/C25H20N4O3/c30-25(27-17-21-10-4-5-12-24(21)28-14-13-26-18-28)23(20-8-2-1-3-9-20)16-19-7-6-11-22(15-19)29(31)32/h1-16,18H,17H2,(H,27,30)/b23-16+. The Balaban J connectivity index is 1.63. The van der Waals surface area contributed by atoms with E-state index in [1.807, 2.05) is 65.4 Å². The van der Waals surface area contributed by atoms with Crippen molar-refractivity contribution in [3.8, 4) is 5.69 Å². The monoisotopic (exact) mass is 424 g/mol. The molecule has 0 bridgehead atoms. The zero-order valence-corrected chi connectivity index (χ0v) is 17.1. The van der Waals surface area contributed by atoms with Crippen molar-refractivity contribution in [3.63, 3.8) is 0 Å². The highest BCUT2D eigenvalue weighted by Gasteiger charge is 2.14. The fourth-order valence-electron chi connectivity index (χ4n) is 3.38. The maximum Gasteiger partial charge on any atom is 0.270 e. The van der Waals surface area contributed by atoms with E-state index in [0.29, 0.717) is 17.7 Å². The molecule has 0 aliphatic carbocycles. The summed E-state index contributed by atoms with van der Waals surface area (Å²) >= 11 is 0. The molecule has 0 fully saturated rings. The van der Waals surface area contributed by atoms with E-state index < -0.39 is 4.92 Å². The molecule has 3 aromatic carbocycles. The summed E-state index contributed by atoms with van der Waals surface area (Å²) in [6.07, 6.45) is 6.92. The van der Waals surface area contributed by atoms with Crippen LogP contribution in [0.25, 0.3) is 17.3 Å². The Bertz CT molecular complexity index is 1270. The summed E-state index contributed by atoms with van der Waals surface area (Å²) in [6.45, 7) is 0.312. The zero-order valence-electron chi connectivity index (χ0n) is 17.1. The van der Waals surface area contributed by atoms with E-state index in [9.17, 15) is 14.9 Å². The van der Waals surface area contributed by atoms with Gasteiger partial charge in [-0.15, -0.1) is 0 Å². The number of nitrogens with one attached hydrogen (secondary N) is 1. The lowest BCUT2D eigenvalue weighted by atomic mass is 10.0. The average Bonchev–Trinajstić information content (AvgIpc) is 3.37. The number of carbonyl (C=O) groups excluding carboxylic acids is 1. The lowest BCUT2D eigenvalue weighted by Crippen LogP contribution is -2.24. The van der Waals surface area contributed by atoms with Crippen LogP contribution in [0.2, 0.25) is 0 Å². The number of aromatic nitrogens is 2. The maximum atomic E-state index is 13.2. The van der Waals surface area contributed by atoms with Crippen LogP contribution >= 0.6 is 0 Å². The maximum absolute atomic E-state index is 13.2. The van der Waals surface area contributed by atoms with Gasteiger partial charge in [-0.25, -0.2) is 4.98 Å². The van der Waals surface area contributed by atoms with Crippen molar-refractivity contribution in [2.75, 3.05) is 0 Å². The highest BCUT2D eigenvalue weighted by molar-refractivity contribution is 6.24. The van der Waals surface area contributed by atoms with Gasteiger partial charge in [-0.2, -0.15) is 0 Å². The molecule has 0 unspecified atom stereocenters. The molecule has 1 N–H and O–H groups in total. The first-order valence-corrected chi connectivity index (χ1v) is 9.98. The number of hydrogen-bond donors (Lipinski definition) is 1. The number of amides is 1. The molecule has 7 heteroatoms. The molecule has 4 aromatic rings. The SMILES string of the molecule is O=C(NCc1ccccc1-n1ccnc1)/C(=C/c1cccc([N+](=O)[O-])c1)c1ccccc1. The third kappa shape index (κ3) is 4.79. The topological polar surface area (TPSA) is 90.1 Å². The molecule has 0 atom stereocenters. The summed E-state index contributed by atoms with van der Waals surface area (Å²) in [5, 5.41) is 14.1. The summed E-state index contributed by atoms with van der Waals surface area (Å²) in [4.78, 5) is 28.0. The van der Waals surface area contributed by atoms with Crippen LogP contribution in [0.15, 0.2) is 97.6 Å². The molecule has 0 saturated heterocycles. The molecule has 0 radical (unpaired) electrons. The van der Waals surface area contributed by atoms with Gasteiger partial charge >= 0.3 is 0 Å². The molecule has 32 heavy (non-hydrogen) atoms. The van der Waals surface area contributed by atoms with Crippen molar-refractivity contribution in [3.05, 3.63) is 124 Å². The second-order valence-electron chi connectivity index (χ2n) is 7.06. The van der Waals surface area contributed by atoms with Crippen LogP contribution in [-0.4, -0.2) is 20.4 Å². The number of benzene rings is 3. The Morgan fingerprint density at radius 3 is 2.56 bits per heavy atom. The Hall–Kier alpha value is -4.52. The molecule has 1 aromatic heterocycles. The molecular formula is C25H20N4O3. The van der Waals surface area contributed by atoms with E-state index in [1.54, 1.807) is 30.7 Å². The van der Waals surface area contributed by atoms with Crippen LogP contribution in [0.1, 0.15) is 16.7 Å². The smallest absolute Gasteiger partial charge is 0.270 e. The van der Waals surface area contributed by atoms with Crippen LogP contribution in [0.3, 0.4) is 0 Å². The normalized spacial score (nSPS) is 11.2. The second kappa shape index (κ2) is 9.53. The van der Waals surface area contributed by atoms with Gasteiger partial charge in [-0.3, -0.25) is 14.9 Å². The Morgan fingerprint density at radius 2 is 1.81 bits per heavy atom. The molecule has 0 aliphatic rings. The quantitative estimate of drug-likeness (QED) is 0.203. The minimum absolute atomic E-state index is 0.0270. The van der Waals surface area contributed by atoms with E-state index in [-0.39, 0.29) is 11.6 Å². The minimum atomic E-state index is -0.452. The van der Waals surface area contributed by atoms with Crippen molar-refractivity contribution in [2.24, 2.45) is 0 Å². The van der Waals surface area contributed by atoms with Gasteiger partial charge in [0.15, 0.2) is 0 Å². The fourth-order valence-corrected chi connectivity index (χ4v) is 3.38. The van der Waals surface area contributed by atoms with Crippen molar-refractivity contribution < 1.29 is 9.72 Å². The lowest BCUT2D eigenvalue weighted by molar-refractivity contribution is -0.384. The number of para-hydroxylation sites is 1. The molecule has 0 aliphatic heterocycles. The largest absolute Gasteiger partial charge is 0.348 e. The van der Waals surface area contributed by atoms with Crippen molar-refractivity contribution in [1.29, 1.82) is 0 Å². The summed E-state index contributed by atoms with van der Waals surface area (Å²) < 4.78 is 1.89. The van der Waals surface area contributed by atoms with Gasteiger partial charge in [0.25, 0.3) is 11.6 Å². The fraction of sp³-hybridized carbons (Fsp3) is 0.0400. The first kappa shape index (κ1) is 20.7. The predicted molar refractivity (Wildman–Crippen MR) is 123 cm³/mol. The first-order chi connectivity index (χ1) is 15.6. The van der Waals surface area contributed by atoms with Crippen LogP contribution in [0.4, 0.5) is 5.69 Å². The number of nitro groups is 1. The van der Waals surface area contributed by atoms with E-state index in [1.165, 1.54) is 12.1 Å². The van der Waals surface area contributed by atoms with Gasteiger partial charge in [-0.1, -0.05) is 60.7 Å². The van der Waals surface area contributed by atoms with Crippen LogP contribution < -0.4 is 5.32 Å². The molecule has 1 amide bonds. The summed E-state index contributed by atoms with van der Waals surface area (Å²) in [5.74, 6) is -0.275. The highest BCUT2D eigenvalue weighted by Crippen LogP contribution is 2.22. The Morgan fingerprint density at radius 1 is 1.03 bits per heavy atom. The molecule has 158 valence electrons. The number of carbonyl (C=O) groups is 1. The van der Waals surface area contributed by atoms with E-state index in [2.05, 4.69) is 10.3 Å². The minimum Gasteiger partial charge on any atom is -0.348 e. The molecule has 1 heterocycles. The number of imidazole rings is 1. The van der Waals surface area contributed by atoms with Gasteiger partial charge in [-0.05, 0) is 28.8 Å². The number of hydrogen-bond acceptors (Lipinski definition) is 4. The summed E-state index contributed by atoms with van der Waals surface area (Å²) in [7, 11) is 0.